The van der Waals surface area contributed by atoms with Crippen LogP contribution in [-0.2, 0) is 22.7 Å². The summed E-state index contributed by atoms with van der Waals surface area (Å²) in [5.74, 6) is 1.42. The fourth-order valence-corrected chi connectivity index (χ4v) is 3.39. The molecule has 3 N–H and O–H groups in total. The van der Waals surface area contributed by atoms with Crippen molar-refractivity contribution in [1.82, 2.24) is 16.0 Å². The molecule has 0 aliphatic carbocycles. The van der Waals surface area contributed by atoms with Crippen molar-refractivity contribution >= 4 is 47.4 Å². The SMILES string of the molecule is CCNC(=NCc1ccc(N2CCCC2=O)cc1)NCC(=O)NCc1ccc(OC)cc1.I. The summed E-state index contributed by atoms with van der Waals surface area (Å²) in [6.45, 7) is 4.49. The normalized spacial score (nSPS) is 13.3. The van der Waals surface area contributed by atoms with Gasteiger partial charge in [-0.2, -0.15) is 0 Å². The van der Waals surface area contributed by atoms with Crippen LogP contribution in [0.4, 0.5) is 5.69 Å². The molecule has 1 fully saturated rings. The number of benzene rings is 2. The number of nitrogens with zero attached hydrogens (tertiary/aromatic N) is 2. The van der Waals surface area contributed by atoms with E-state index in [9.17, 15) is 9.59 Å². The van der Waals surface area contributed by atoms with Gasteiger partial charge in [-0.1, -0.05) is 24.3 Å². The largest absolute Gasteiger partial charge is 0.497 e. The van der Waals surface area contributed by atoms with Gasteiger partial charge < -0.3 is 25.6 Å². The molecule has 9 heteroatoms. The minimum absolute atomic E-state index is 0. The Labute approximate surface area is 212 Å². The molecule has 2 aromatic carbocycles. The zero-order valence-electron chi connectivity index (χ0n) is 19.1. The van der Waals surface area contributed by atoms with Gasteiger partial charge in [0.25, 0.3) is 0 Å². The first-order chi connectivity index (χ1) is 15.6. The molecule has 3 rings (SSSR count). The third-order valence-corrected chi connectivity index (χ3v) is 5.15. The minimum atomic E-state index is -0.119. The first kappa shape index (κ1) is 26.4. The van der Waals surface area contributed by atoms with E-state index in [1.807, 2.05) is 60.4 Å². The van der Waals surface area contributed by atoms with Crippen LogP contribution in [0.5, 0.6) is 5.75 Å². The maximum Gasteiger partial charge on any atom is 0.239 e. The molecule has 0 saturated carbocycles. The monoisotopic (exact) mass is 565 g/mol. The van der Waals surface area contributed by atoms with Gasteiger partial charge >= 0.3 is 0 Å². The zero-order valence-corrected chi connectivity index (χ0v) is 21.4. The highest BCUT2D eigenvalue weighted by molar-refractivity contribution is 14.0. The van der Waals surface area contributed by atoms with Gasteiger partial charge in [0.05, 0.1) is 20.2 Å². The minimum Gasteiger partial charge on any atom is -0.497 e. The highest BCUT2D eigenvalue weighted by Gasteiger charge is 2.21. The number of aliphatic imine (C=N–C) groups is 1. The molecule has 0 bridgehead atoms. The first-order valence-electron chi connectivity index (χ1n) is 10.9. The quantitative estimate of drug-likeness (QED) is 0.247. The molecule has 0 unspecified atom stereocenters. The number of rotatable bonds is 9. The second-order valence-electron chi connectivity index (χ2n) is 7.49. The van der Waals surface area contributed by atoms with Crippen LogP contribution in [0, 0.1) is 0 Å². The highest BCUT2D eigenvalue weighted by Crippen LogP contribution is 2.21. The molecule has 8 nitrogen and oxygen atoms in total. The van der Waals surface area contributed by atoms with E-state index in [1.165, 1.54) is 0 Å². The number of nitrogens with one attached hydrogen (secondary N) is 3. The molecule has 33 heavy (non-hydrogen) atoms. The van der Waals surface area contributed by atoms with Crippen molar-refractivity contribution in [3.05, 3.63) is 59.7 Å². The van der Waals surface area contributed by atoms with E-state index in [0.717, 1.165) is 35.5 Å². The number of carbonyl (C=O) groups is 2. The van der Waals surface area contributed by atoms with E-state index in [4.69, 9.17) is 4.74 Å². The molecule has 0 spiro atoms. The van der Waals surface area contributed by atoms with Gasteiger partial charge in [0.15, 0.2) is 5.96 Å². The van der Waals surface area contributed by atoms with Gasteiger partial charge in [-0.15, -0.1) is 24.0 Å². The lowest BCUT2D eigenvalue weighted by molar-refractivity contribution is -0.120. The molecule has 0 atom stereocenters. The van der Waals surface area contributed by atoms with Crippen LogP contribution in [0.15, 0.2) is 53.5 Å². The van der Waals surface area contributed by atoms with E-state index in [-0.39, 0.29) is 42.3 Å². The predicted octanol–water partition coefficient (Wildman–Crippen LogP) is 2.81. The van der Waals surface area contributed by atoms with Crippen molar-refractivity contribution in [1.29, 1.82) is 0 Å². The fraction of sp³-hybridized carbons (Fsp3) is 0.375. The lowest BCUT2D eigenvalue weighted by Crippen LogP contribution is -2.43. The molecular formula is C24H32IN5O3. The number of methoxy groups -OCH3 is 1. The Morgan fingerprint density at radius 2 is 1.73 bits per heavy atom. The van der Waals surface area contributed by atoms with Crippen molar-refractivity contribution in [2.24, 2.45) is 4.99 Å². The third kappa shape index (κ3) is 8.23. The molecular weight excluding hydrogens is 533 g/mol. The first-order valence-corrected chi connectivity index (χ1v) is 10.9. The van der Waals surface area contributed by atoms with Gasteiger partial charge in [-0.05, 0) is 48.7 Å². The second kappa shape index (κ2) is 13.7. The summed E-state index contributed by atoms with van der Waals surface area (Å²) in [6, 6.07) is 15.5. The molecule has 1 heterocycles. The Kier molecular flexibility index (Phi) is 10.9. The topological polar surface area (TPSA) is 95.1 Å². The van der Waals surface area contributed by atoms with Crippen LogP contribution in [0.25, 0.3) is 0 Å². The Morgan fingerprint density at radius 3 is 2.33 bits per heavy atom. The van der Waals surface area contributed by atoms with Gasteiger partial charge in [-0.3, -0.25) is 9.59 Å². The zero-order chi connectivity index (χ0) is 22.8. The number of carbonyl (C=O) groups excluding carboxylic acids is 2. The summed E-state index contributed by atoms with van der Waals surface area (Å²) < 4.78 is 5.14. The molecule has 0 radical (unpaired) electrons. The summed E-state index contributed by atoms with van der Waals surface area (Å²) in [7, 11) is 1.62. The molecule has 2 aromatic rings. The molecule has 1 aliphatic heterocycles. The third-order valence-electron chi connectivity index (χ3n) is 5.15. The fourth-order valence-electron chi connectivity index (χ4n) is 3.39. The van der Waals surface area contributed by atoms with E-state index in [0.29, 0.717) is 32.0 Å². The lowest BCUT2D eigenvalue weighted by atomic mass is 10.2. The Balaban J connectivity index is 0.00000385. The van der Waals surface area contributed by atoms with Crippen molar-refractivity contribution < 1.29 is 14.3 Å². The van der Waals surface area contributed by atoms with Crippen LogP contribution in [0.1, 0.15) is 30.9 Å². The van der Waals surface area contributed by atoms with Crippen LogP contribution < -0.4 is 25.6 Å². The summed E-state index contributed by atoms with van der Waals surface area (Å²) in [6.07, 6.45) is 1.54. The standard InChI is InChI=1S/C24H31N5O3.HI/c1-3-25-24(28-17-22(30)26-15-19-8-12-21(32-2)13-9-19)27-16-18-6-10-20(11-7-18)29-14-4-5-23(29)31;/h6-13H,3-5,14-17H2,1-2H3,(H,26,30)(H2,25,27,28);1H. The number of halogens is 1. The molecule has 0 aromatic heterocycles. The summed E-state index contributed by atoms with van der Waals surface area (Å²) >= 11 is 0. The van der Waals surface area contributed by atoms with Gasteiger partial charge in [-0.25, -0.2) is 4.99 Å². The van der Waals surface area contributed by atoms with Crippen molar-refractivity contribution in [3.63, 3.8) is 0 Å². The molecule has 178 valence electrons. The average molecular weight is 565 g/mol. The van der Waals surface area contributed by atoms with Crippen LogP contribution >= 0.6 is 24.0 Å². The maximum absolute atomic E-state index is 12.2. The number of anilines is 1. The number of hydrogen-bond acceptors (Lipinski definition) is 4. The Hall–Kier alpha value is -2.82. The van der Waals surface area contributed by atoms with Crippen molar-refractivity contribution in [2.45, 2.75) is 32.9 Å². The maximum atomic E-state index is 12.2. The Bertz CT molecular complexity index is 932. The van der Waals surface area contributed by atoms with E-state index < -0.39 is 0 Å². The van der Waals surface area contributed by atoms with Crippen molar-refractivity contribution in [2.75, 3.05) is 31.6 Å². The molecule has 1 aliphatic rings. The predicted molar refractivity (Wildman–Crippen MR) is 141 cm³/mol. The van der Waals surface area contributed by atoms with Crippen molar-refractivity contribution in [3.8, 4) is 5.75 Å². The number of hydrogen-bond donors (Lipinski definition) is 3. The summed E-state index contributed by atoms with van der Waals surface area (Å²) in [4.78, 5) is 30.5. The van der Waals surface area contributed by atoms with Crippen LogP contribution in [0.2, 0.25) is 0 Å². The van der Waals surface area contributed by atoms with Gasteiger partial charge in [0.1, 0.15) is 5.75 Å². The number of amides is 2. The highest BCUT2D eigenvalue weighted by atomic mass is 127. The number of guanidine groups is 1. The van der Waals surface area contributed by atoms with E-state index in [1.54, 1.807) is 7.11 Å². The van der Waals surface area contributed by atoms with E-state index >= 15 is 0 Å². The van der Waals surface area contributed by atoms with Crippen LogP contribution in [-0.4, -0.2) is 44.5 Å². The number of ether oxygens (including phenoxy) is 1. The smallest absolute Gasteiger partial charge is 0.239 e. The Morgan fingerprint density at radius 1 is 1.03 bits per heavy atom. The second-order valence-corrected chi connectivity index (χ2v) is 7.49. The van der Waals surface area contributed by atoms with Gasteiger partial charge in [0, 0.05) is 31.7 Å². The van der Waals surface area contributed by atoms with Crippen LogP contribution in [0.3, 0.4) is 0 Å². The molecule has 2 amide bonds. The summed E-state index contributed by atoms with van der Waals surface area (Å²) in [5, 5.41) is 9.10. The lowest BCUT2D eigenvalue weighted by Gasteiger charge is -2.16. The average Bonchev–Trinajstić information content (AvgIpc) is 3.26. The van der Waals surface area contributed by atoms with E-state index in [2.05, 4.69) is 20.9 Å². The molecule has 1 saturated heterocycles. The van der Waals surface area contributed by atoms with Gasteiger partial charge in [0.2, 0.25) is 11.8 Å². The summed E-state index contributed by atoms with van der Waals surface area (Å²) in [5.41, 5.74) is 2.96.